The summed E-state index contributed by atoms with van der Waals surface area (Å²) in [6.07, 6.45) is 0.417. The minimum atomic E-state index is -0.0122. The van der Waals surface area contributed by atoms with Crippen molar-refractivity contribution < 1.29 is 9.90 Å². The first-order valence-electron chi connectivity index (χ1n) is 5.89. The van der Waals surface area contributed by atoms with Crippen LogP contribution in [0.15, 0.2) is 17.7 Å². The van der Waals surface area contributed by atoms with Crippen LogP contribution in [0, 0.1) is 20.8 Å². The molecule has 17 heavy (non-hydrogen) atoms. The van der Waals surface area contributed by atoms with E-state index in [1.165, 1.54) is 0 Å². The van der Waals surface area contributed by atoms with Gasteiger partial charge in [0.1, 0.15) is 5.76 Å². The van der Waals surface area contributed by atoms with Gasteiger partial charge in [-0.2, -0.15) is 0 Å². The number of benzene rings is 1. The molecule has 0 aliphatic rings. The molecule has 0 saturated carbocycles. The Balaban J connectivity index is 3.40. The monoisotopic (exact) mass is 232 g/mol. The number of carbonyl (C=O) groups is 1. The smallest absolute Gasteiger partial charge is 0.162 e. The van der Waals surface area contributed by atoms with Gasteiger partial charge in [-0.3, -0.25) is 4.79 Å². The fraction of sp³-hybridized carbons (Fsp3) is 0.400. The average molecular weight is 232 g/mol. The Morgan fingerprint density at radius 2 is 1.65 bits per heavy atom. The van der Waals surface area contributed by atoms with Crippen molar-refractivity contribution in [2.24, 2.45) is 0 Å². The summed E-state index contributed by atoms with van der Waals surface area (Å²) in [5.74, 6) is 0.105. The molecular weight excluding hydrogens is 212 g/mol. The number of aryl methyl sites for hydroxylation is 3. The van der Waals surface area contributed by atoms with Gasteiger partial charge in [0.2, 0.25) is 0 Å². The fourth-order valence-electron chi connectivity index (χ4n) is 2.14. The molecule has 0 spiro atoms. The largest absolute Gasteiger partial charge is 0.507 e. The van der Waals surface area contributed by atoms with Crippen molar-refractivity contribution in [1.29, 1.82) is 0 Å². The number of aliphatic hydroxyl groups is 1. The van der Waals surface area contributed by atoms with Gasteiger partial charge in [0.05, 0.1) is 0 Å². The zero-order valence-corrected chi connectivity index (χ0v) is 11.2. The van der Waals surface area contributed by atoms with Crippen molar-refractivity contribution in [2.75, 3.05) is 0 Å². The highest BCUT2D eigenvalue weighted by molar-refractivity contribution is 6.00. The van der Waals surface area contributed by atoms with Crippen LogP contribution in [0.25, 0.3) is 5.76 Å². The number of aliphatic hydroxyl groups excluding tert-OH is 1. The van der Waals surface area contributed by atoms with Crippen molar-refractivity contribution in [3.8, 4) is 0 Å². The SMILES string of the molecule is CCC(=O)/C(C)=C(\O)c1c(C)cc(C)cc1C. The second-order valence-electron chi connectivity index (χ2n) is 4.52. The first-order valence-corrected chi connectivity index (χ1v) is 5.89. The number of hydrogen-bond acceptors (Lipinski definition) is 2. The summed E-state index contributed by atoms with van der Waals surface area (Å²) in [5.41, 5.74) is 4.40. The highest BCUT2D eigenvalue weighted by atomic mass is 16.3. The van der Waals surface area contributed by atoms with Gasteiger partial charge in [0, 0.05) is 17.6 Å². The lowest BCUT2D eigenvalue weighted by molar-refractivity contribution is -0.115. The number of hydrogen-bond donors (Lipinski definition) is 1. The Morgan fingerprint density at radius 1 is 1.18 bits per heavy atom. The molecule has 0 bridgehead atoms. The highest BCUT2D eigenvalue weighted by Gasteiger charge is 2.14. The van der Waals surface area contributed by atoms with Crippen LogP contribution in [-0.2, 0) is 4.79 Å². The van der Waals surface area contributed by atoms with E-state index < -0.39 is 0 Å². The van der Waals surface area contributed by atoms with Gasteiger partial charge in [0.25, 0.3) is 0 Å². The van der Waals surface area contributed by atoms with E-state index in [0.29, 0.717) is 12.0 Å². The first kappa shape index (κ1) is 13.5. The molecule has 2 heteroatoms. The Hall–Kier alpha value is -1.57. The fourth-order valence-corrected chi connectivity index (χ4v) is 2.14. The number of rotatable bonds is 3. The standard InChI is InChI=1S/C15H20O2/c1-6-13(16)12(5)15(17)14-10(3)7-9(2)8-11(14)4/h7-8,17H,6H2,1-5H3/b15-12-. The van der Waals surface area contributed by atoms with Crippen molar-refractivity contribution in [3.05, 3.63) is 40.0 Å². The molecule has 1 aromatic carbocycles. The number of allylic oxidation sites excluding steroid dienone is 1. The van der Waals surface area contributed by atoms with Crippen LogP contribution in [0.5, 0.6) is 0 Å². The molecule has 0 radical (unpaired) electrons. The lowest BCUT2D eigenvalue weighted by atomic mass is 9.95. The molecule has 1 aromatic rings. The maximum atomic E-state index is 11.6. The van der Waals surface area contributed by atoms with E-state index in [4.69, 9.17) is 0 Å². The van der Waals surface area contributed by atoms with Gasteiger partial charge in [-0.25, -0.2) is 0 Å². The van der Waals surface area contributed by atoms with E-state index in [-0.39, 0.29) is 11.5 Å². The topological polar surface area (TPSA) is 37.3 Å². The van der Waals surface area contributed by atoms with Crippen LogP contribution in [-0.4, -0.2) is 10.9 Å². The van der Waals surface area contributed by atoms with Crippen LogP contribution in [0.1, 0.15) is 42.5 Å². The third-order valence-electron chi connectivity index (χ3n) is 3.01. The van der Waals surface area contributed by atoms with Gasteiger partial charge in [-0.05, 0) is 38.8 Å². The zero-order chi connectivity index (χ0) is 13.2. The summed E-state index contributed by atoms with van der Waals surface area (Å²) < 4.78 is 0. The molecule has 0 atom stereocenters. The van der Waals surface area contributed by atoms with Crippen LogP contribution in [0.2, 0.25) is 0 Å². The molecule has 0 amide bonds. The highest BCUT2D eigenvalue weighted by Crippen LogP contribution is 2.25. The second-order valence-corrected chi connectivity index (χ2v) is 4.52. The third kappa shape index (κ3) is 2.76. The quantitative estimate of drug-likeness (QED) is 0.634. The minimum Gasteiger partial charge on any atom is -0.507 e. The maximum absolute atomic E-state index is 11.6. The van der Waals surface area contributed by atoms with E-state index in [1.54, 1.807) is 13.8 Å². The van der Waals surface area contributed by atoms with E-state index in [9.17, 15) is 9.90 Å². The molecule has 92 valence electrons. The Kier molecular flexibility index (Phi) is 4.11. The molecular formula is C15H20O2. The number of Topliss-reactive ketones (excluding diaryl/α,β-unsaturated/α-hetero) is 1. The normalized spacial score (nSPS) is 12.3. The van der Waals surface area contributed by atoms with Crippen LogP contribution >= 0.6 is 0 Å². The van der Waals surface area contributed by atoms with Gasteiger partial charge < -0.3 is 5.11 Å². The molecule has 0 heterocycles. The summed E-state index contributed by atoms with van der Waals surface area (Å²) in [5, 5.41) is 10.2. The molecule has 0 aromatic heterocycles. The molecule has 0 aliphatic heterocycles. The van der Waals surface area contributed by atoms with Crippen LogP contribution in [0.4, 0.5) is 0 Å². The van der Waals surface area contributed by atoms with E-state index in [2.05, 4.69) is 0 Å². The van der Waals surface area contributed by atoms with Crippen molar-refractivity contribution in [1.82, 2.24) is 0 Å². The van der Waals surface area contributed by atoms with Gasteiger partial charge in [-0.1, -0.05) is 24.6 Å². The lowest BCUT2D eigenvalue weighted by Gasteiger charge is -2.12. The molecule has 0 fully saturated rings. The van der Waals surface area contributed by atoms with E-state index in [1.807, 2.05) is 32.9 Å². The van der Waals surface area contributed by atoms with Crippen LogP contribution in [0.3, 0.4) is 0 Å². The van der Waals surface area contributed by atoms with E-state index >= 15 is 0 Å². The van der Waals surface area contributed by atoms with Crippen molar-refractivity contribution in [2.45, 2.75) is 41.0 Å². The molecule has 2 nitrogen and oxygen atoms in total. The minimum absolute atomic E-state index is 0.0122. The van der Waals surface area contributed by atoms with Gasteiger partial charge in [0.15, 0.2) is 5.78 Å². The summed E-state index contributed by atoms with van der Waals surface area (Å²) in [6, 6.07) is 4.03. The van der Waals surface area contributed by atoms with Crippen molar-refractivity contribution >= 4 is 11.5 Å². The molecule has 0 unspecified atom stereocenters. The summed E-state index contributed by atoms with van der Waals surface area (Å²) in [4.78, 5) is 11.6. The molecule has 1 N–H and O–H groups in total. The van der Waals surface area contributed by atoms with Crippen LogP contribution < -0.4 is 0 Å². The Morgan fingerprint density at radius 3 is 2.06 bits per heavy atom. The van der Waals surface area contributed by atoms with E-state index in [0.717, 1.165) is 22.3 Å². The van der Waals surface area contributed by atoms with Gasteiger partial charge in [-0.15, -0.1) is 0 Å². The third-order valence-corrected chi connectivity index (χ3v) is 3.01. The molecule has 0 aliphatic carbocycles. The molecule has 1 rings (SSSR count). The maximum Gasteiger partial charge on any atom is 0.162 e. The predicted octanol–water partition coefficient (Wildman–Crippen LogP) is 3.88. The predicted molar refractivity (Wildman–Crippen MR) is 71.2 cm³/mol. The second kappa shape index (κ2) is 5.17. The zero-order valence-electron chi connectivity index (χ0n) is 11.2. The Bertz CT molecular complexity index is 459. The first-order chi connectivity index (χ1) is 7.88. The summed E-state index contributed by atoms with van der Waals surface area (Å²) in [7, 11) is 0. The summed E-state index contributed by atoms with van der Waals surface area (Å²) >= 11 is 0. The summed E-state index contributed by atoms with van der Waals surface area (Å²) in [6.45, 7) is 9.41. The van der Waals surface area contributed by atoms with Gasteiger partial charge >= 0.3 is 0 Å². The lowest BCUT2D eigenvalue weighted by Crippen LogP contribution is -2.03. The Labute approximate surface area is 103 Å². The van der Waals surface area contributed by atoms with Crippen molar-refractivity contribution in [3.63, 3.8) is 0 Å². The average Bonchev–Trinajstić information content (AvgIpc) is 2.25. The number of carbonyl (C=O) groups excluding carboxylic acids is 1. The molecule has 0 saturated heterocycles. The number of ketones is 1.